The topological polar surface area (TPSA) is 26.3 Å². The van der Waals surface area contributed by atoms with Crippen LogP contribution in [0.4, 0.5) is 4.39 Å². The fourth-order valence-electron chi connectivity index (χ4n) is 1.37. The Balaban J connectivity index is 2.66. The number of rotatable bonds is 5. The lowest BCUT2D eigenvalue weighted by atomic mass is 10.0. The molecule has 0 aliphatic heterocycles. The highest BCUT2D eigenvalue weighted by Gasteiger charge is 2.13. The number of methoxy groups -OCH3 is 1. The van der Waals surface area contributed by atoms with Gasteiger partial charge in [0.1, 0.15) is 11.6 Å². The molecule has 0 saturated heterocycles. The highest BCUT2D eigenvalue weighted by Crippen LogP contribution is 2.18. The van der Waals surface area contributed by atoms with Crippen molar-refractivity contribution >= 4 is 17.4 Å². The van der Waals surface area contributed by atoms with E-state index in [1.807, 2.05) is 0 Å². The predicted molar refractivity (Wildman–Crippen MR) is 61.2 cm³/mol. The molecule has 1 rings (SSSR count). The summed E-state index contributed by atoms with van der Waals surface area (Å²) in [4.78, 5) is 11.6. The fourth-order valence-corrected chi connectivity index (χ4v) is 1.57. The van der Waals surface area contributed by atoms with Gasteiger partial charge in [-0.1, -0.05) is 23.7 Å². The molecule has 4 heteroatoms. The molecule has 0 bridgehead atoms. The van der Waals surface area contributed by atoms with Gasteiger partial charge in [-0.3, -0.25) is 4.79 Å². The number of benzene rings is 1. The van der Waals surface area contributed by atoms with Crippen molar-refractivity contribution in [3.05, 3.63) is 34.6 Å². The van der Waals surface area contributed by atoms with Crippen molar-refractivity contribution in [2.45, 2.75) is 25.9 Å². The van der Waals surface area contributed by atoms with Gasteiger partial charge in [-0.05, 0) is 18.6 Å². The third kappa shape index (κ3) is 3.58. The van der Waals surface area contributed by atoms with Gasteiger partial charge in [0, 0.05) is 20.0 Å². The molecule has 2 nitrogen and oxygen atoms in total. The van der Waals surface area contributed by atoms with Crippen LogP contribution in [0.5, 0.6) is 0 Å². The molecule has 0 aliphatic carbocycles. The van der Waals surface area contributed by atoms with Crippen LogP contribution < -0.4 is 0 Å². The lowest BCUT2D eigenvalue weighted by Crippen LogP contribution is -2.14. The van der Waals surface area contributed by atoms with E-state index >= 15 is 0 Å². The normalized spacial score (nSPS) is 12.5. The van der Waals surface area contributed by atoms with Crippen molar-refractivity contribution in [2.75, 3.05) is 7.11 Å². The Hall–Kier alpha value is -0.930. The highest BCUT2D eigenvalue weighted by atomic mass is 35.5. The summed E-state index contributed by atoms with van der Waals surface area (Å²) in [6, 6.07) is 4.66. The molecule has 0 amide bonds. The molecule has 1 atom stereocenters. The lowest BCUT2D eigenvalue weighted by Gasteiger charge is -2.08. The number of halogens is 2. The van der Waals surface area contributed by atoms with E-state index in [0.717, 1.165) is 0 Å². The van der Waals surface area contributed by atoms with Crippen molar-refractivity contribution in [2.24, 2.45) is 0 Å². The summed E-state index contributed by atoms with van der Waals surface area (Å²) in [5.41, 5.74) is 0.334. The average molecular weight is 245 g/mol. The number of carbonyl (C=O) groups excluding carboxylic acids is 1. The molecule has 0 heterocycles. The second-order valence-corrected chi connectivity index (χ2v) is 4.09. The van der Waals surface area contributed by atoms with Crippen LogP contribution in [0.2, 0.25) is 5.02 Å². The van der Waals surface area contributed by atoms with Gasteiger partial charge >= 0.3 is 0 Å². The van der Waals surface area contributed by atoms with Crippen molar-refractivity contribution in [1.29, 1.82) is 0 Å². The lowest BCUT2D eigenvalue weighted by molar-refractivity contribution is -0.120. The standard InChI is InChI=1S/C12H14ClFO2/c1-8(16-2)6-10(15)7-9-4-3-5-11(13)12(9)14/h3-5,8H,6-7H2,1-2H3. The first-order valence-electron chi connectivity index (χ1n) is 5.02. The summed E-state index contributed by atoms with van der Waals surface area (Å²) < 4.78 is 18.4. The van der Waals surface area contributed by atoms with Gasteiger partial charge in [0.2, 0.25) is 0 Å². The van der Waals surface area contributed by atoms with Crippen LogP contribution in [-0.2, 0) is 16.0 Å². The van der Waals surface area contributed by atoms with E-state index in [2.05, 4.69) is 0 Å². The number of ether oxygens (including phenoxy) is 1. The quantitative estimate of drug-likeness (QED) is 0.796. The van der Waals surface area contributed by atoms with Gasteiger partial charge in [0.15, 0.2) is 0 Å². The van der Waals surface area contributed by atoms with E-state index in [9.17, 15) is 9.18 Å². The molecule has 1 aromatic rings. The number of hydrogen-bond acceptors (Lipinski definition) is 2. The van der Waals surface area contributed by atoms with Gasteiger partial charge in [0.05, 0.1) is 11.1 Å². The smallest absolute Gasteiger partial charge is 0.145 e. The van der Waals surface area contributed by atoms with Crippen LogP contribution in [0.25, 0.3) is 0 Å². The van der Waals surface area contributed by atoms with E-state index in [1.54, 1.807) is 19.1 Å². The maximum atomic E-state index is 13.5. The average Bonchev–Trinajstić information content (AvgIpc) is 2.24. The van der Waals surface area contributed by atoms with Crippen LogP contribution in [0, 0.1) is 5.82 Å². The maximum absolute atomic E-state index is 13.5. The monoisotopic (exact) mass is 244 g/mol. The molecule has 0 aromatic heterocycles. The second kappa shape index (κ2) is 5.97. The van der Waals surface area contributed by atoms with E-state index in [4.69, 9.17) is 16.3 Å². The summed E-state index contributed by atoms with van der Waals surface area (Å²) in [5, 5.41) is 0.0464. The summed E-state index contributed by atoms with van der Waals surface area (Å²) in [7, 11) is 1.54. The molecule has 0 aliphatic rings. The second-order valence-electron chi connectivity index (χ2n) is 3.68. The van der Waals surface area contributed by atoms with Crippen LogP contribution >= 0.6 is 11.6 Å². The Morgan fingerprint density at radius 3 is 2.88 bits per heavy atom. The summed E-state index contributed by atoms with van der Waals surface area (Å²) in [5.74, 6) is -0.571. The van der Waals surface area contributed by atoms with Gasteiger partial charge in [-0.2, -0.15) is 0 Å². The Bertz CT molecular complexity index is 379. The summed E-state index contributed by atoms with van der Waals surface area (Å²) in [6.07, 6.45) is 0.192. The zero-order valence-electron chi connectivity index (χ0n) is 9.30. The molecule has 0 N–H and O–H groups in total. The molecule has 16 heavy (non-hydrogen) atoms. The first-order valence-corrected chi connectivity index (χ1v) is 5.39. The van der Waals surface area contributed by atoms with Crippen LogP contribution in [0.1, 0.15) is 18.9 Å². The van der Waals surface area contributed by atoms with Crippen LogP contribution in [0.3, 0.4) is 0 Å². The molecule has 0 fully saturated rings. The molecule has 0 radical (unpaired) electrons. The summed E-state index contributed by atoms with van der Waals surface area (Å²) >= 11 is 5.62. The predicted octanol–water partition coefficient (Wildman–Crippen LogP) is 3.02. The molecule has 88 valence electrons. The Labute approximate surface area is 99.4 Å². The zero-order chi connectivity index (χ0) is 12.1. The molecule has 1 aromatic carbocycles. The minimum Gasteiger partial charge on any atom is -0.381 e. The Morgan fingerprint density at radius 1 is 1.56 bits per heavy atom. The first kappa shape index (κ1) is 13.1. The van der Waals surface area contributed by atoms with Crippen LogP contribution in [-0.4, -0.2) is 19.0 Å². The van der Waals surface area contributed by atoms with E-state index in [-0.39, 0.29) is 29.8 Å². The zero-order valence-corrected chi connectivity index (χ0v) is 10.1. The Kier molecular flexibility index (Phi) is 4.90. The third-order valence-electron chi connectivity index (χ3n) is 2.34. The van der Waals surface area contributed by atoms with E-state index in [1.165, 1.54) is 13.2 Å². The molecular weight excluding hydrogens is 231 g/mol. The number of carbonyl (C=O) groups is 1. The van der Waals surface area contributed by atoms with E-state index < -0.39 is 5.82 Å². The summed E-state index contributed by atoms with van der Waals surface area (Å²) in [6.45, 7) is 1.80. The fraction of sp³-hybridized carbons (Fsp3) is 0.417. The van der Waals surface area contributed by atoms with Gasteiger partial charge in [-0.25, -0.2) is 4.39 Å². The number of hydrogen-bond donors (Lipinski definition) is 0. The van der Waals surface area contributed by atoms with Gasteiger partial charge in [0.25, 0.3) is 0 Å². The van der Waals surface area contributed by atoms with E-state index in [0.29, 0.717) is 5.56 Å². The Morgan fingerprint density at radius 2 is 2.25 bits per heavy atom. The molecule has 1 unspecified atom stereocenters. The van der Waals surface area contributed by atoms with Crippen LogP contribution in [0.15, 0.2) is 18.2 Å². The van der Waals surface area contributed by atoms with Crippen molar-refractivity contribution < 1.29 is 13.9 Å². The highest BCUT2D eigenvalue weighted by molar-refractivity contribution is 6.30. The molecule has 0 spiro atoms. The molecular formula is C12H14ClFO2. The van der Waals surface area contributed by atoms with Gasteiger partial charge in [-0.15, -0.1) is 0 Å². The SMILES string of the molecule is COC(C)CC(=O)Cc1cccc(Cl)c1F. The minimum atomic E-state index is -0.511. The largest absolute Gasteiger partial charge is 0.381 e. The van der Waals surface area contributed by atoms with Crippen molar-refractivity contribution in [1.82, 2.24) is 0 Å². The molecule has 0 saturated carbocycles. The van der Waals surface area contributed by atoms with Gasteiger partial charge < -0.3 is 4.74 Å². The number of ketones is 1. The van der Waals surface area contributed by atoms with Crippen molar-refractivity contribution in [3.8, 4) is 0 Å². The van der Waals surface area contributed by atoms with Crippen molar-refractivity contribution in [3.63, 3.8) is 0 Å². The third-order valence-corrected chi connectivity index (χ3v) is 2.63. The maximum Gasteiger partial charge on any atom is 0.145 e. The minimum absolute atomic E-state index is 0.0464. The number of Topliss-reactive ketones (excluding diaryl/α,β-unsaturated/α-hetero) is 1. The first-order chi connectivity index (χ1) is 7.54.